The molecule has 0 heterocycles. The Morgan fingerprint density at radius 1 is 0.462 bits per heavy atom. The second kappa shape index (κ2) is 7.63. The Balaban J connectivity index is 1.63. The Morgan fingerprint density at radius 3 is 1.65 bits per heavy atom. The van der Waals surface area contributed by atoms with E-state index in [0.29, 0.717) is 0 Å². The number of benzene rings is 4. The van der Waals surface area contributed by atoms with Crippen LogP contribution < -0.4 is 0 Å². The van der Waals surface area contributed by atoms with Crippen LogP contribution in [-0.2, 0) is 0 Å². The van der Waals surface area contributed by atoms with E-state index in [0.717, 1.165) is 0 Å². The molecule has 126 valence electrons. The fraction of sp³-hybridized carbons (Fsp3) is 0.0400. The van der Waals surface area contributed by atoms with Gasteiger partial charge >= 0.3 is 0 Å². The first-order chi connectivity index (χ1) is 12.8. The molecule has 0 radical (unpaired) electrons. The molecule has 0 aromatic heterocycles. The zero-order valence-corrected chi connectivity index (χ0v) is 15.5. The summed E-state index contributed by atoms with van der Waals surface area (Å²) in [7, 11) is 0. The summed E-state index contributed by atoms with van der Waals surface area (Å²) in [5.41, 5.74) is 6.31. The number of hydrogen-bond donors (Lipinski definition) is 0. The summed E-state index contributed by atoms with van der Waals surface area (Å²) in [5, 5.41) is 0. The van der Waals surface area contributed by atoms with E-state index in [1.165, 1.54) is 37.6 Å². The number of hydrogen-bond acceptors (Lipinski definition) is 1. The van der Waals surface area contributed by atoms with Gasteiger partial charge in [-0.2, -0.15) is 0 Å². The molecule has 0 nitrogen and oxygen atoms in total. The van der Waals surface area contributed by atoms with Gasteiger partial charge in [0.15, 0.2) is 0 Å². The molecule has 0 aliphatic rings. The van der Waals surface area contributed by atoms with Crippen molar-refractivity contribution in [1.82, 2.24) is 0 Å². The van der Waals surface area contributed by atoms with Crippen LogP contribution in [0.2, 0.25) is 0 Å². The van der Waals surface area contributed by atoms with Crippen molar-refractivity contribution in [2.45, 2.75) is 16.7 Å². The van der Waals surface area contributed by atoms with Crippen LogP contribution in [0.5, 0.6) is 0 Å². The molecule has 0 amide bonds. The van der Waals surface area contributed by atoms with Crippen molar-refractivity contribution in [2.75, 3.05) is 0 Å². The molecule has 0 bridgehead atoms. The van der Waals surface area contributed by atoms with Crippen LogP contribution in [0.25, 0.3) is 22.3 Å². The molecule has 4 aromatic carbocycles. The topological polar surface area (TPSA) is 0 Å². The Kier molecular flexibility index (Phi) is 4.90. The second-order valence-electron chi connectivity index (χ2n) is 6.39. The SMILES string of the molecule is Cc1cc(Sc2ccccc2)cc(-c2ccc(-c3ccccc3)cc2)c1. The van der Waals surface area contributed by atoms with Crippen molar-refractivity contribution in [2.24, 2.45) is 0 Å². The third kappa shape index (κ3) is 3.89. The standard InChI is InChI=1S/C25H20S/c1-19-16-23(18-25(17-19)26-24-10-6-3-7-11-24)22-14-12-21(13-15-22)20-8-4-2-5-9-20/h2-18H,1H3. The van der Waals surface area contributed by atoms with E-state index in [9.17, 15) is 0 Å². The highest BCUT2D eigenvalue weighted by atomic mass is 32.2. The fourth-order valence-corrected chi connectivity index (χ4v) is 4.08. The summed E-state index contributed by atoms with van der Waals surface area (Å²) >= 11 is 1.81. The molecule has 0 N–H and O–H groups in total. The zero-order valence-electron chi connectivity index (χ0n) is 14.7. The van der Waals surface area contributed by atoms with Crippen LogP contribution >= 0.6 is 11.8 Å². The Morgan fingerprint density at radius 2 is 1.00 bits per heavy atom. The van der Waals surface area contributed by atoms with Crippen molar-refractivity contribution >= 4 is 11.8 Å². The van der Waals surface area contributed by atoms with Crippen LogP contribution in [0.15, 0.2) is 113 Å². The van der Waals surface area contributed by atoms with Gasteiger partial charge in [-0.3, -0.25) is 0 Å². The van der Waals surface area contributed by atoms with Crippen molar-refractivity contribution in [3.8, 4) is 22.3 Å². The summed E-state index contributed by atoms with van der Waals surface area (Å²) in [5.74, 6) is 0. The van der Waals surface area contributed by atoms with Crippen molar-refractivity contribution < 1.29 is 0 Å². The predicted octanol–water partition coefficient (Wildman–Crippen LogP) is 7.48. The van der Waals surface area contributed by atoms with Crippen LogP contribution in [0, 0.1) is 6.92 Å². The number of aryl methyl sites for hydroxylation is 1. The maximum atomic E-state index is 2.28. The molecule has 0 aliphatic heterocycles. The molecule has 0 aliphatic carbocycles. The van der Waals surface area contributed by atoms with Crippen molar-refractivity contribution in [3.63, 3.8) is 0 Å². The van der Waals surface area contributed by atoms with Crippen LogP contribution in [0.4, 0.5) is 0 Å². The Hall–Kier alpha value is -2.77. The average Bonchev–Trinajstić information content (AvgIpc) is 2.69. The molecule has 0 saturated carbocycles. The first kappa shape index (κ1) is 16.7. The molecule has 26 heavy (non-hydrogen) atoms. The van der Waals surface area contributed by atoms with E-state index >= 15 is 0 Å². The maximum Gasteiger partial charge on any atom is 0.0131 e. The van der Waals surface area contributed by atoms with Gasteiger partial charge in [0.05, 0.1) is 0 Å². The van der Waals surface area contributed by atoms with E-state index < -0.39 is 0 Å². The molecular weight excluding hydrogens is 332 g/mol. The zero-order chi connectivity index (χ0) is 17.8. The highest BCUT2D eigenvalue weighted by Crippen LogP contribution is 2.33. The lowest BCUT2D eigenvalue weighted by atomic mass is 9.99. The Bertz CT molecular complexity index is 987. The van der Waals surface area contributed by atoms with E-state index in [4.69, 9.17) is 0 Å². The van der Waals surface area contributed by atoms with Gasteiger partial charge in [0.25, 0.3) is 0 Å². The largest absolute Gasteiger partial charge is 0.0901 e. The second-order valence-corrected chi connectivity index (χ2v) is 7.54. The van der Waals surface area contributed by atoms with E-state index in [-0.39, 0.29) is 0 Å². The van der Waals surface area contributed by atoms with Gasteiger partial charge in [-0.05, 0) is 59.0 Å². The van der Waals surface area contributed by atoms with Gasteiger partial charge < -0.3 is 0 Å². The number of rotatable bonds is 4. The molecule has 0 saturated heterocycles. The smallest absolute Gasteiger partial charge is 0.0131 e. The first-order valence-corrected chi connectivity index (χ1v) is 9.60. The third-order valence-corrected chi connectivity index (χ3v) is 5.33. The minimum Gasteiger partial charge on any atom is -0.0901 e. The molecule has 0 unspecified atom stereocenters. The molecule has 0 fully saturated rings. The van der Waals surface area contributed by atoms with Gasteiger partial charge in [-0.1, -0.05) is 90.6 Å². The molecule has 0 spiro atoms. The Labute approximate surface area is 159 Å². The third-order valence-electron chi connectivity index (χ3n) is 4.36. The van der Waals surface area contributed by atoms with E-state index in [1.54, 1.807) is 0 Å². The molecule has 4 rings (SSSR count). The van der Waals surface area contributed by atoms with Gasteiger partial charge in [-0.25, -0.2) is 0 Å². The van der Waals surface area contributed by atoms with Crippen LogP contribution in [0.3, 0.4) is 0 Å². The first-order valence-electron chi connectivity index (χ1n) is 8.78. The molecular formula is C25H20S. The highest BCUT2D eigenvalue weighted by molar-refractivity contribution is 7.99. The minimum absolute atomic E-state index is 1.25. The van der Waals surface area contributed by atoms with Crippen molar-refractivity contribution in [1.29, 1.82) is 0 Å². The van der Waals surface area contributed by atoms with Crippen molar-refractivity contribution in [3.05, 3.63) is 109 Å². The fourth-order valence-electron chi connectivity index (χ4n) is 3.08. The van der Waals surface area contributed by atoms with Gasteiger partial charge in [0.2, 0.25) is 0 Å². The lowest BCUT2D eigenvalue weighted by molar-refractivity contribution is 1.34. The summed E-state index contributed by atoms with van der Waals surface area (Å²) in [6.07, 6.45) is 0. The highest BCUT2D eigenvalue weighted by Gasteiger charge is 2.04. The van der Waals surface area contributed by atoms with Crippen LogP contribution in [0.1, 0.15) is 5.56 Å². The minimum atomic E-state index is 1.25. The van der Waals surface area contributed by atoms with E-state index in [1.807, 2.05) is 11.8 Å². The lowest BCUT2D eigenvalue weighted by Gasteiger charge is -2.09. The summed E-state index contributed by atoms with van der Waals surface area (Å²) in [6, 6.07) is 36.7. The molecule has 4 aromatic rings. The van der Waals surface area contributed by atoms with Gasteiger partial charge in [0.1, 0.15) is 0 Å². The maximum absolute atomic E-state index is 2.28. The normalized spacial score (nSPS) is 10.7. The monoisotopic (exact) mass is 352 g/mol. The molecule has 0 atom stereocenters. The van der Waals surface area contributed by atoms with Gasteiger partial charge in [0, 0.05) is 9.79 Å². The average molecular weight is 353 g/mol. The summed E-state index contributed by atoms with van der Waals surface area (Å²) in [4.78, 5) is 2.54. The summed E-state index contributed by atoms with van der Waals surface area (Å²) < 4.78 is 0. The molecule has 1 heteroatoms. The predicted molar refractivity (Wildman–Crippen MR) is 113 cm³/mol. The lowest BCUT2D eigenvalue weighted by Crippen LogP contribution is -1.84. The van der Waals surface area contributed by atoms with Crippen LogP contribution in [-0.4, -0.2) is 0 Å². The van der Waals surface area contributed by atoms with Gasteiger partial charge in [-0.15, -0.1) is 0 Å². The quantitative estimate of drug-likeness (QED) is 0.367. The summed E-state index contributed by atoms with van der Waals surface area (Å²) in [6.45, 7) is 2.16. The van der Waals surface area contributed by atoms with E-state index in [2.05, 4.69) is 110 Å².